The van der Waals surface area contributed by atoms with Gasteiger partial charge in [-0.15, -0.1) is 11.3 Å². The zero-order valence-electron chi connectivity index (χ0n) is 22.5. The van der Waals surface area contributed by atoms with Gasteiger partial charge in [-0.05, 0) is 101 Å². The minimum atomic E-state index is -0.0829. The Balaban J connectivity index is 1.30. The molecule has 5 rings (SSSR count). The first-order valence-corrected chi connectivity index (χ1v) is 14.4. The molecule has 7 heteroatoms. The molecule has 0 aromatic carbocycles. The van der Waals surface area contributed by atoms with Gasteiger partial charge in [-0.25, -0.2) is 0 Å². The number of carbonyl (C=O) groups is 1. The predicted molar refractivity (Wildman–Crippen MR) is 149 cm³/mol. The number of thiophene rings is 1. The zero-order valence-corrected chi connectivity index (χ0v) is 23.3. The highest BCUT2D eigenvalue weighted by molar-refractivity contribution is 7.12. The molecule has 1 fully saturated rings. The first-order chi connectivity index (χ1) is 17.8. The van der Waals surface area contributed by atoms with Gasteiger partial charge in [0, 0.05) is 40.3 Å². The molecule has 1 saturated heterocycles. The summed E-state index contributed by atoms with van der Waals surface area (Å²) in [4.78, 5) is 40.8. The van der Waals surface area contributed by atoms with Crippen LogP contribution in [0.3, 0.4) is 0 Å². The van der Waals surface area contributed by atoms with Gasteiger partial charge >= 0.3 is 0 Å². The smallest absolute Gasteiger partial charge is 0.255 e. The van der Waals surface area contributed by atoms with E-state index in [1.54, 1.807) is 0 Å². The summed E-state index contributed by atoms with van der Waals surface area (Å²) < 4.78 is 0. The van der Waals surface area contributed by atoms with Crippen LogP contribution in [0.2, 0.25) is 0 Å². The Labute approximate surface area is 223 Å². The van der Waals surface area contributed by atoms with Gasteiger partial charge in [0.15, 0.2) is 0 Å². The molecule has 37 heavy (non-hydrogen) atoms. The van der Waals surface area contributed by atoms with E-state index in [0.29, 0.717) is 30.5 Å². The molecule has 1 unspecified atom stereocenters. The maximum Gasteiger partial charge on any atom is 0.255 e. The summed E-state index contributed by atoms with van der Waals surface area (Å²) in [5.74, 6) is 1.16. The molecule has 1 atom stereocenters. The molecule has 0 aliphatic carbocycles. The Kier molecular flexibility index (Phi) is 7.63. The number of aromatic nitrogens is 2. The van der Waals surface area contributed by atoms with Gasteiger partial charge in [0.1, 0.15) is 0 Å². The second-order valence-corrected chi connectivity index (χ2v) is 12.0. The third kappa shape index (κ3) is 5.43. The van der Waals surface area contributed by atoms with Gasteiger partial charge in [-0.3, -0.25) is 19.5 Å². The first kappa shape index (κ1) is 25.9. The van der Waals surface area contributed by atoms with Crippen molar-refractivity contribution >= 4 is 17.2 Å². The molecule has 0 saturated carbocycles. The van der Waals surface area contributed by atoms with Crippen LogP contribution in [-0.2, 0) is 19.5 Å². The molecule has 5 heterocycles. The highest BCUT2D eigenvalue weighted by atomic mass is 32.1. The summed E-state index contributed by atoms with van der Waals surface area (Å²) in [6, 6.07) is 8.12. The van der Waals surface area contributed by atoms with Crippen LogP contribution in [0.25, 0.3) is 0 Å². The normalized spacial score (nSPS) is 18.1. The number of nitrogens with one attached hydrogen (secondary N) is 1. The van der Waals surface area contributed by atoms with Gasteiger partial charge in [0.25, 0.3) is 11.5 Å². The molecule has 3 aromatic heterocycles. The van der Waals surface area contributed by atoms with E-state index in [1.165, 1.54) is 22.6 Å². The van der Waals surface area contributed by atoms with Crippen LogP contribution in [0.4, 0.5) is 0 Å². The zero-order chi connectivity index (χ0) is 26.1. The Morgan fingerprint density at radius 1 is 1.11 bits per heavy atom. The van der Waals surface area contributed by atoms with Crippen LogP contribution in [0.5, 0.6) is 0 Å². The van der Waals surface area contributed by atoms with E-state index < -0.39 is 0 Å². The van der Waals surface area contributed by atoms with Crippen molar-refractivity contribution < 1.29 is 4.79 Å². The Morgan fingerprint density at radius 2 is 1.89 bits per heavy atom. The molecule has 3 aromatic rings. The van der Waals surface area contributed by atoms with Crippen molar-refractivity contribution in [1.29, 1.82) is 0 Å². The average molecular weight is 519 g/mol. The van der Waals surface area contributed by atoms with Crippen molar-refractivity contribution in [2.75, 3.05) is 19.6 Å². The highest BCUT2D eigenvalue weighted by Gasteiger charge is 2.33. The summed E-state index contributed by atoms with van der Waals surface area (Å²) in [6.07, 6.45) is 6.08. The molecule has 1 amide bonds. The van der Waals surface area contributed by atoms with Gasteiger partial charge in [-0.2, -0.15) is 0 Å². The lowest BCUT2D eigenvalue weighted by atomic mass is 9.83. The van der Waals surface area contributed by atoms with Gasteiger partial charge < -0.3 is 9.88 Å². The fourth-order valence-corrected chi connectivity index (χ4v) is 7.63. The van der Waals surface area contributed by atoms with E-state index in [0.717, 1.165) is 60.6 Å². The summed E-state index contributed by atoms with van der Waals surface area (Å²) in [7, 11) is 0. The van der Waals surface area contributed by atoms with E-state index in [9.17, 15) is 9.59 Å². The number of aromatic amines is 1. The largest absolute Gasteiger partial charge is 0.334 e. The number of hydrogen-bond donors (Lipinski definition) is 1. The Hall–Kier alpha value is -2.77. The van der Waals surface area contributed by atoms with Gasteiger partial charge in [0.2, 0.25) is 0 Å². The number of fused-ring (bicyclic) bond motifs is 1. The lowest BCUT2D eigenvalue weighted by molar-refractivity contribution is 0.0747. The number of piperidine rings is 1. The molecule has 2 aliphatic rings. The summed E-state index contributed by atoms with van der Waals surface area (Å²) in [5, 5.41) is 0. The van der Waals surface area contributed by atoms with Crippen molar-refractivity contribution in [2.24, 2.45) is 5.92 Å². The molecule has 0 radical (unpaired) electrons. The number of aryl methyl sites for hydroxylation is 3. The van der Waals surface area contributed by atoms with Crippen LogP contribution in [0.1, 0.15) is 80.3 Å². The molecule has 0 spiro atoms. The van der Waals surface area contributed by atoms with Crippen molar-refractivity contribution in [1.82, 2.24) is 19.8 Å². The summed E-state index contributed by atoms with van der Waals surface area (Å²) >= 11 is 1.86. The van der Waals surface area contributed by atoms with Crippen LogP contribution in [0.15, 0.2) is 35.3 Å². The minimum Gasteiger partial charge on any atom is -0.334 e. The SMILES string of the molecule is Cc1cc(C)c(CN2CCCc3sc(C(C)C4CCN(Cc5ccccn5)CC4)c(C)c3C2=O)c(=O)[nH]1. The standard InChI is InChI=1S/C30H38N4O2S/c1-19-16-20(2)32-29(35)25(19)18-34-13-7-9-26-27(30(34)36)22(4)28(37-26)21(3)23-10-14-33(15-11-23)17-24-8-5-6-12-31-24/h5-6,8,12,16,21,23H,7,9-11,13-15,17-18H2,1-4H3,(H,32,35). The number of H-pyrrole nitrogens is 1. The van der Waals surface area contributed by atoms with Gasteiger partial charge in [0.05, 0.1) is 17.8 Å². The molecule has 6 nitrogen and oxygen atoms in total. The third-order valence-corrected chi connectivity index (χ3v) is 9.85. The third-order valence-electron chi connectivity index (χ3n) is 8.30. The lowest BCUT2D eigenvalue weighted by Crippen LogP contribution is -2.35. The van der Waals surface area contributed by atoms with E-state index in [2.05, 4.69) is 40.8 Å². The Bertz CT molecular complexity index is 1320. The van der Waals surface area contributed by atoms with Crippen LogP contribution in [-0.4, -0.2) is 45.3 Å². The van der Waals surface area contributed by atoms with E-state index in [4.69, 9.17) is 0 Å². The fourth-order valence-electron chi connectivity index (χ4n) is 6.14. The highest BCUT2D eigenvalue weighted by Crippen LogP contribution is 2.42. The quantitative estimate of drug-likeness (QED) is 0.477. The van der Waals surface area contributed by atoms with Crippen molar-refractivity contribution in [3.05, 3.63) is 84.2 Å². The summed E-state index contributed by atoms with van der Waals surface area (Å²) in [5.41, 5.74) is 5.61. The molecule has 1 N–H and O–H groups in total. The lowest BCUT2D eigenvalue weighted by Gasteiger charge is -2.34. The molecule has 0 bridgehead atoms. The van der Waals surface area contributed by atoms with Crippen LogP contribution in [0, 0.1) is 26.7 Å². The second-order valence-electron chi connectivity index (χ2n) is 10.9. The first-order valence-electron chi connectivity index (χ1n) is 13.5. The topological polar surface area (TPSA) is 69.3 Å². The maximum atomic E-state index is 13.8. The molecular formula is C30H38N4O2S. The summed E-state index contributed by atoms with van der Waals surface area (Å²) in [6.45, 7) is 12.5. The predicted octanol–water partition coefficient (Wildman–Crippen LogP) is 5.36. The number of hydrogen-bond acceptors (Lipinski definition) is 5. The number of nitrogens with zero attached hydrogens (tertiary/aromatic N) is 3. The minimum absolute atomic E-state index is 0.0829. The van der Waals surface area contributed by atoms with Crippen molar-refractivity contribution in [2.45, 2.75) is 72.4 Å². The second kappa shape index (κ2) is 10.9. The Morgan fingerprint density at radius 3 is 2.59 bits per heavy atom. The van der Waals surface area contributed by atoms with Crippen molar-refractivity contribution in [3.8, 4) is 0 Å². The number of likely N-dealkylation sites (tertiary alicyclic amines) is 1. The number of rotatable bonds is 6. The van der Waals surface area contributed by atoms with Crippen molar-refractivity contribution in [3.63, 3.8) is 0 Å². The van der Waals surface area contributed by atoms with E-state index >= 15 is 0 Å². The number of carbonyl (C=O) groups excluding carboxylic acids is 1. The van der Waals surface area contributed by atoms with Crippen LogP contribution >= 0.6 is 11.3 Å². The van der Waals surface area contributed by atoms with Crippen LogP contribution < -0.4 is 5.56 Å². The van der Waals surface area contributed by atoms with E-state index in [1.807, 2.05) is 48.4 Å². The number of amides is 1. The molecule has 196 valence electrons. The molecular weight excluding hydrogens is 480 g/mol. The maximum absolute atomic E-state index is 13.8. The molecule has 2 aliphatic heterocycles. The fraction of sp³-hybridized carbons (Fsp3) is 0.500. The number of pyridine rings is 2. The van der Waals surface area contributed by atoms with Gasteiger partial charge in [-0.1, -0.05) is 13.0 Å². The average Bonchev–Trinajstić information content (AvgIpc) is 3.12. The monoisotopic (exact) mass is 518 g/mol. The van der Waals surface area contributed by atoms with E-state index in [-0.39, 0.29) is 11.5 Å².